The lowest BCUT2D eigenvalue weighted by Gasteiger charge is -2.22. The summed E-state index contributed by atoms with van der Waals surface area (Å²) in [7, 11) is 0. The molecule has 0 bridgehead atoms. The van der Waals surface area contributed by atoms with Crippen LogP contribution in [0.25, 0.3) is 4.85 Å². The van der Waals surface area contributed by atoms with Gasteiger partial charge in [-0.15, -0.1) is 11.8 Å². The Morgan fingerprint density at radius 3 is 2.67 bits per heavy atom. The lowest BCUT2D eigenvalue weighted by atomic mass is 9.93. The zero-order valence-corrected chi connectivity index (χ0v) is 18.4. The van der Waals surface area contributed by atoms with Crippen molar-refractivity contribution in [3.8, 4) is 0 Å². The van der Waals surface area contributed by atoms with Gasteiger partial charge in [-0.05, 0) is 17.5 Å². The largest absolute Gasteiger partial charge is 0.481 e. The molecule has 0 spiro atoms. The number of ether oxygens (including phenoxy) is 1. The van der Waals surface area contributed by atoms with Crippen molar-refractivity contribution in [1.82, 2.24) is 0 Å². The van der Waals surface area contributed by atoms with Crippen LogP contribution < -0.4 is 0 Å². The van der Waals surface area contributed by atoms with Crippen molar-refractivity contribution in [1.29, 1.82) is 0 Å². The summed E-state index contributed by atoms with van der Waals surface area (Å²) in [6.45, 7) is 10.3. The van der Waals surface area contributed by atoms with E-state index in [-0.39, 0.29) is 30.2 Å². The number of carboxylic acids is 1. The molecule has 0 aromatic heterocycles. The number of carboxylic acid groups (broad SMARTS) is 1. The third kappa shape index (κ3) is 7.28. The van der Waals surface area contributed by atoms with Crippen LogP contribution in [0.4, 0.5) is 0 Å². The van der Waals surface area contributed by atoms with Crippen LogP contribution in [0, 0.1) is 6.57 Å². The molecule has 3 N–H and O–H groups in total. The number of hydrogen-bond acceptors (Lipinski definition) is 5. The summed E-state index contributed by atoms with van der Waals surface area (Å²) in [6.07, 6.45) is 3.37. The van der Waals surface area contributed by atoms with E-state index >= 15 is 0 Å². The van der Waals surface area contributed by atoms with Crippen molar-refractivity contribution >= 4 is 17.7 Å². The monoisotopic (exact) mass is 435 g/mol. The van der Waals surface area contributed by atoms with Crippen LogP contribution in [-0.4, -0.2) is 57.7 Å². The molecular formula is C23H33NO5S. The van der Waals surface area contributed by atoms with Gasteiger partial charge in [0.1, 0.15) is 0 Å². The topological polar surface area (TPSA) is 91.4 Å². The SMILES string of the molecule is [C-]#[N+][C@@H]1C[C@@H](O)C(c2ccc(C(O)CCCCC)cc2)C1SCCOCCC(=O)O. The highest BCUT2D eigenvalue weighted by atomic mass is 32.2. The van der Waals surface area contributed by atoms with Crippen LogP contribution >= 0.6 is 11.8 Å². The van der Waals surface area contributed by atoms with Gasteiger partial charge < -0.3 is 24.9 Å². The molecule has 1 aliphatic rings. The highest BCUT2D eigenvalue weighted by Crippen LogP contribution is 2.44. The summed E-state index contributed by atoms with van der Waals surface area (Å²) in [5, 5.41) is 29.6. The fourth-order valence-electron chi connectivity index (χ4n) is 3.94. The first-order valence-electron chi connectivity index (χ1n) is 10.7. The van der Waals surface area contributed by atoms with Gasteiger partial charge in [-0.2, -0.15) is 0 Å². The standard InChI is InChI=1S/C23H33NO5S/c1-3-4-5-6-19(25)16-7-9-17(10-8-16)22-20(26)15-18(24-2)23(22)30-14-13-29-12-11-21(27)28/h7-10,18-20,22-23,25-26H,3-6,11-15H2,1H3,(H,27,28)/t18-,19?,20-,22?,23?/m1/s1. The smallest absolute Gasteiger partial charge is 0.305 e. The van der Waals surface area contributed by atoms with Crippen LogP contribution in [0.15, 0.2) is 24.3 Å². The number of nitrogens with zero attached hydrogens (tertiary/aromatic N) is 1. The third-order valence-corrected chi connectivity index (χ3v) is 6.98. The van der Waals surface area contributed by atoms with Crippen molar-refractivity contribution < 1.29 is 24.9 Å². The van der Waals surface area contributed by atoms with Gasteiger partial charge in [-0.3, -0.25) is 4.79 Å². The van der Waals surface area contributed by atoms with Gasteiger partial charge in [-0.1, -0.05) is 50.5 Å². The van der Waals surface area contributed by atoms with Gasteiger partial charge in [0.2, 0.25) is 6.04 Å². The van der Waals surface area contributed by atoms with Gasteiger partial charge in [0.15, 0.2) is 0 Å². The molecule has 3 unspecified atom stereocenters. The second-order valence-corrected chi connectivity index (χ2v) is 9.08. The Labute approximate surface area is 183 Å². The lowest BCUT2D eigenvalue weighted by Crippen LogP contribution is -2.23. The molecule has 2 rings (SSSR count). The summed E-state index contributed by atoms with van der Waals surface area (Å²) in [6, 6.07) is 7.54. The van der Waals surface area contributed by atoms with E-state index in [1.54, 1.807) is 11.8 Å². The maximum Gasteiger partial charge on any atom is 0.305 e. The molecule has 1 aromatic carbocycles. The van der Waals surface area contributed by atoms with E-state index in [1.165, 1.54) is 0 Å². The molecule has 0 radical (unpaired) electrons. The minimum atomic E-state index is -0.881. The fraction of sp³-hybridized carbons (Fsp3) is 0.652. The average molecular weight is 436 g/mol. The molecule has 0 heterocycles. The Hall–Kier alpha value is -1.59. The van der Waals surface area contributed by atoms with Gasteiger partial charge in [0, 0.05) is 11.7 Å². The summed E-state index contributed by atoms with van der Waals surface area (Å²) in [5.41, 5.74) is 1.88. The molecule has 166 valence electrons. The normalized spacial score (nSPS) is 24.5. The maximum atomic E-state index is 10.6. The number of benzene rings is 1. The minimum absolute atomic E-state index is 0.0171. The molecule has 1 aromatic rings. The molecule has 1 fully saturated rings. The predicted molar refractivity (Wildman–Crippen MR) is 119 cm³/mol. The van der Waals surface area contributed by atoms with Crippen molar-refractivity contribution in [2.24, 2.45) is 0 Å². The first-order valence-corrected chi connectivity index (χ1v) is 11.8. The first-order chi connectivity index (χ1) is 14.5. The van der Waals surface area contributed by atoms with E-state index in [0.29, 0.717) is 18.8 Å². The van der Waals surface area contributed by atoms with Crippen LogP contribution in [0.2, 0.25) is 0 Å². The highest BCUT2D eigenvalue weighted by molar-refractivity contribution is 8.00. The molecular weight excluding hydrogens is 402 g/mol. The van der Waals surface area contributed by atoms with Gasteiger partial charge in [0.25, 0.3) is 0 Å². The zero-order chi connectivity index (χ0) is 21.9. The van der Waals surface area contributed by atoms with E-state index in [1.807, 2.05) is 24.3 Å². The predicted octanol–water partition coefficient (Wildman–Crippen LogP) is 4.03. The van der Waals surface area contributed by atoms with Gasteiger partial charge >= 0.3 is 5.97 Å². The van der Waals surface area contributed by atoms with Gasteiger partial charge in [-0.25, -0.2) is 6.57 Å². The molecule has 30 heavy (non-hydrogen) atoms. The van der Waals surface area contributed by atoms with Crippen molar-refractivity contribution in [2.75, 3.05) is 19.0 Å². The summed E-state index contributed by atoms with van der Waals surface area (Å²) in [5.74, 6) is -0.374. The Kier molecular flexibility index (Phi) is 10.7. The second-order valence-electron chi connectivity index (χ2n) is 7.80. The first kappa shape index (κ1) is 24.7. The Morgan fingerprint density at radius 2 is 2.03 bits per heavy atom. The number of hydrogen-bond donors (Lipinski definition) is 3. The van der Waals surface area contributed by atoms with E-state index in [2.05, 4.69) is 11.8 Å². The second kappa shape index (κ2) is 13.0. The number of aliphatic hydroxyl groups is 2. The van der Waals surface area contributed by atoms with Crippen LogP contribution in [0.5, 0.6) is 0 Å². The van der Waals surface area contributed by atoms with Crippen molar-refractivity contribution in [3.05, 3.63) is 46.8 Å². The zero-order valence-electron chi connectivity index (χ0n) is 17.6. The molecule has 0 amide bonds. The van der Waals surface area contributed by atoms with E-state index in [0.717, 1.165) is 36.8 Å². The maximum absolute atomic E-state index is 10.6. The average Bonchev–Trinajstić information content (AvgIpc) is 3.05. The van der Waals surface area contributed by atoms with Crippen molar-refractivity contribution in [2.45, 2.75) is 74.9 Å². The van der Waals surface area contributed by atoms with E-state index in [4.69, 9.17) is 16.4 Å². The number of unbranched alkanes of at least 4 members (excludes halogenated alkanes) is 2. The Balaban J connectivity index is 1.96. The number of rotatable bonds is 13. The lowest BCUT2D eigenvalue weighted by molar-refractivity contribution is -0.138. The summed E-state index contributed by atoms with van der Waals surface area (Å²) in [4.78, 5) is 14.3. The van der Waals surface area contributed by atoms with Crippen LogP contribution in [-0.2, 0) is 9.53 Å². The van der Waals surface area contributed by atoms with Crippen molar-refractivity contribution in [3.63, 3.8) is 0 Å². The fourth-order valence-corrected chi connectivity index (χ4v) is 5.36. The van der Waals surface area contributed by atoms with E-state index in [9.17, 15) is 15.0 Å². The molecule has 1 aliphatic carbocycles. The van der Waals surface area contributed by atoms with Gasteiger partial charge in [0.05, 0.1) is 43.5 Å². The Bertz CT molecular complexity index is 690. The molecule has 0 aliphatic heterocycles. The highest BCUT2D eigenvalue weighted by Gasteiger charge is 2.47. The molecule has 1 saturated carbocycles. The minimum Gasteiger partial charge on any atom is -0.481 e. The summed E-state index contributed by atoms with van der Waals surface area (Å²) >= 11 is 1.61. The third-order valence-electron chi connectivity index (χ3n) is 5.58. The van der Waals surface area contributed by atoms with Crippen LogP contribution in [0.1, 0.15) is 68.6 Å². The molecule has 0 saturated heterocycles. The molecule has 6 nitrogen and oxygen atoms in total. The number of thioether (sulfide) groups is 1. The van der Waals surface area contributed by atoms with E-state index < -0.39 is 18.2 Å². The summed E-state index contributed by atoms with van der Waals surface area (Å²) < 4.78 is 5.35. The number of carbonyl (C=O) groups is 1. The quantitative estimate of drug-likeness (QED) is 0.320. The molecule has 7 heteroatoms. The number of aliphatic carboxylic acids is 1. The van der Waals surface area contributed by atoms with Crippen LogP contribution in [0.3, 0.4) is 0 Å². The number of aliphatic hydroxyl groups excluding tert-OH is 2. The Morgan fingerprint density at radius 1 is 1.30 bits per heavy atom. The molecule has 5 atom stereocenters.